The van der Waals surface area contributed by atoms with Crippen molar-refractivity contribution in [3.63, 3.8) is 0 Å². The molecule has 1 amide bonds. The maximum atomic E-state index is 13.3. The van der Waals surface area contributed by atoms with Crippen molar-refractivity contribution in [1.82, 2.24) is 19.9 Å². The van der Waals surface area contributed by atoms with Gasteiger partial charge in [0.2, 0.25) is 0 Å². The van der Waals surface area contributed by atoms with Crippen molar-refractivity contribution in [3.05, 3.63) is 83.3 Å². The summed E-state index contributed by atoms with van der Waals surface area (Å²) in [6, 6.07) is 13.0. The zero-order valence-electron chi connectivity index (χ0n) is 22.6. The largest absolute Gasteiger partial charge is 0.508 e. The van der Waals surface area contributed by atoms with Crippen molar-refractivity contribution >= 4 is 46.0 Å². The first-order valence-corrected chi connectivity index (χ1v) is 13.8. The Morgan fingerprint density at radius 2 is 1.69 bits per heavy atom. The van der Waals surface area contributed by atoms with Crippen LogP contribution in [0.15, 0.2) is 60.8 Å². The van der Waals surface area contributed by atoms with Crippen LogP contribution in [-0.2, 0) is 4.79 Å². The SMILES string of the molecule is O=C(N[C@H](C(=O)O)c1c[nH]c2ccc(O)cc12)c1ccc2c(c1)nc(/C=C/c1cc(O)cc(O)c1)n2C1CCCCC1. The van der Waals surface area contributed by atoms with Gasteiger partial charge < -0.3 is 35.3 Å². The molecule has 42 heavy (non-hydrogen) atoms. The number of carboxylic acid groups (broad SMARTS) is 1. The topological polar surface area (TPSA) is 161 Å². The fraction of sp³-hybridized carbons (Fsp3) is 0.219. The van der Waals surface area contributed by atoms with Crippen molar-refractivity contribution in [2.45, 2.75) is 44.2 Å². The fourth-order valence-electron chi connectivity index (χ4n) is 5.84. The number of aromatic nitrogens is 3. The minimum atomic E-state index is -1.35. The Hall–Kier alpha value is -5.25. The number of nitrogens with one attached hydrogen (secondary N) is 2. The third-order valence-electron chi connectivity index (χ3n) is 7.80. The number of carbonyl (C=O) groups excluding carboxylic acids is 1. The molecule has 2 aromatic heterocycles. The monoisotopic (exact) mass is 566 g/mol. The van der Waals surface area contributed by atoms with E-state index >= 15 is 0 Å². The molecule has 1 aliphatic rings. The number of hydrogen-bond donors (Lipinski definition) is 6. The first-order valence-electron chi connectivity index (χ1n) is 13.8. The average molecular weight is 567 g/mol. The lowest BCUT2D eigenvalue weighted by Gasteiger charge is -2.25. The van der Waals surface area contributed by atoms with Crippen LogP contribution in [-0.4, -0.2) is 46.8 Å². The van der Waals surface area contributed by atoms with Crippen LogP contribution in [0.3, 0.4) is 0 Å². The van der Waals surface area contributed by atoms with Crippen LogP contribution in [0, 0.1) is 0 Å². The smallest absolute Gasteiger partial charge is 0.331 e. The summed E-state index contributed by atoms with van der Waals surface area (Å²) in [6.07, 6.45) is 10.5. The molecule has 0 unspecified atom stereocenters. The van der Waals surface area contributed by atoms with Crippen LogP contribution in [0.2, 0.25) is 0 Å². The lowest BCUT2D eigenvalue weighted by atomic mass is 9.95. The number of phenols is 3. The quantitative estimate of drug-likeness (QED) is 0.144. The molecule has 10 nitrogen and oxygen atoms in total. The molecule has 0 bridgehead atoms. The molecule has 3 aromatic carbocycles. The van der Waals surface area contributed by atoms with Gasteiger partial charge in [-0.1, -0.05) is 25.3 Å². The molecule has 1 aliphatic carbocycles. The third kappa shape index (κ3) is 5.26. The third-order valence-corrected chi connectivity index (χ3v) is 7.80. The highest BCUT2D eigenvalue weighted by atomic mass is 16.4. The van der Waals surface area contributed by atoms with E-state index in [1.54, 1.807) is 36.4 Å². The second-order valence-electron chi connectivity index (χ2n) is 10.7. The Balaban J connectivity index is 1.34. The van der Waals surface area contributed by atoms with Crippen LogP contribution in [0.5, 0.6) is 17.2 Å². The normalized spacial score (nSPS) is 15.0. The lowest BCUT2D eigenvalue weighted by molar-refractivity contribution is -0.139. The van der Waals surface area contributed by atoms with Gasteiger partial charge >= 0.3 is 5.97 Å². The summed E-state index contributed by atoms with van der Waals surface area (Å²) >= 11 is 0. The second-order valence-corrected chi connectivity index (χ2v) is 10.7. The van der Waals surface area contributed by atoms with Gasteiger partial charge in [0.05, 0.1) is 11.0 Å². The molecular formula is C32H30N4O6. The maximum absolute atomic E-state index is 13.3. The molecule has 214 valence electrons. The summed E-state index contributed by atoms with van der Waals surface area (Å²) in [7, 11) is 0. The Bertz CT molecular complexity index is 1830. The van der Waals surface area contributed by atoms with Gasteiger partial charge in [-0.3, -0.25) is 4.79 Å². The van der Waals surface area contributed by atoms with Gasteiger partial charge in [-0.15, -0.1) is 0 Å². The number of fused-ring (bicyclic) bond motifs is 2. The minimum absolute atomic E-state index is 0.0106. The predicted molar refractivity (Wildman–Crippen MR) is 158 cm³/mol. The molecule has 0 saturated heterocycles. The molecule has 0 spiro atoms. The average Bonchev–Trinajstić information content (AvgIpc) is 3.55. The first kappa shape index (κ1) is 26.9. The number of carbonyl (C=O) groups is 2. The molecule has 1 saturated carbocycles. The van der Waals surface area contributed by atoms with E-state index in [-0.39, 0.29) is 28.9 Å². The van der Waals surface area contributed by atoms with E-state index in [9.17, 15) is 30.0 Å². The lowest BCUT2D eigenvalue weighted by Crippen LogP contribution is -2.33. The van der Waals surface area contributed by atoms with Crippen LogP contribution in [0.4, 0.5) is 0 Å². The zero-order valence-corrected chi connectivity index (χ0v) is 22.6. The maximum Gasteiger partial charge on any atom is 0.331 e. The number of aliphatic carboxylic acids is 1. The van der Waals surface area contributed by atoms with Crippen molar-refractivity contribution in [1.29, 1.82) is 0 Å². The molecular weight excluding hydrogens is 536 g/mol. The summed E-state index contributed by atoms with van der Waals surface area (Å²) < 4.78 is 2.17. The van der Waals surface area contributed by atoms with Crippen molar-refractivity contribution in [2.24, 2.45) is 0 Å². The Morgan fingerprint density at radius 1 is 0.929 bits per heavy atom. The molecule has 2 heterocycles. The molecule has 6 rings (SSSR count). The van der Waals surface area contributed by atoms with Crippen LogP contribution in [0.1, 0.15) is 71.5 Å². The summed E-state index contributed by atoms with van der Waals surface area (Å²) in [4.78, 5) is 33.4. The summed E-state index contributed by atoms with van der Waals surface area (Å²) in [5, 5.41) is 42.7. The number of nitrogens with zero attached hydrogens (tertiary/aromatic N) is 2. The molecule has 0 radical (unpaired) electrons. The molecule has 0 aliphatic heterocycles. The Labute approximate surface area is 240 Å². The fourth-order valence-corrected chi connectivity index (χ4v) is 5.84. The zero-order chi connectivity index (χ0) is 29.4. The predicted octanol–water partition coefficient (Wildman–Crippen LogP) is 5.87. The van der Waals surface area contributed by atoms with E-state index < -0.39 is 17.9 Å². The van der Waals surface area contributed by atoms with Crippen molar-refractivity contribution < 1.29 is 30.0 Å². The van der Waals surface area contributed by atoms with Crippen LogP contribution in [0.25, 0.3) is 34.1 Å². The Kier molecular flexibility index (Phi) is 7.03. The number of imidazole rings is 1. The highest BCUT2D eigenvalue weighted by molar-refractivity contribution is 6.00. The number of H-pyrrole nitrogens is 1. The van der Waals surface area contributed by atoms with E-state index in [2.05, 4.69) is 14.9 Å². The van der Waals surface area contributed by atoms with Gasteiger partial charge in [-0.25, -0.2) is 9.78 Å². The number of benzene rings is 3. The molecule has 5 aromatic rings. The van der Waals surface area contributed by atoms with Gasteiger partial charge in [0, 0.05) is 40.3 Å². The highest BCUT2D eigenvalue weighted by Crippen LogP contribution is 2.34. The summed E-state index contributed by atoms with van der Waals surface area (Å²) in [5.74, 6) is -1.23. The number of rotatable bonds is 7. The van der Waals surface area contributed by atoms with Crippen LogP contribution >= 0.6 is 0 Å². The molecule has 10 heteroatoms. The van der Waals surface area contributed by atoms with Gasteiger partial charge in [0.25, 0.3) is 5.91 Å². The Morgan fingerprint density at radius 3 is 2.43 bits per heavy atom. The second kappa shape index (κ2) is 11.0. The number of hydrogen-bond acceptors (Lipinski definition) is 6. The van der Waals surface area contributed by atoms with E-state index in [1.807, 2.05) is 12.1 Å². The standard InChI is InChI=1S/C32H30N4O6/c37-21-8-9-26-24(16-21)25(17-33-26)30(32(41)42)35-31(40)19-7-10-28-27(14-19)34-29(36(28)20-4-2-1-3-5-20)11-6-18-12-22(38)15-23(39)13-18/h6-17,20,30,33,37-39H,1-5H2,(H,35,40)(H,41,42)/b11-6+/t30-/m0/s1. The minimum Gasteiger partial charge on any atom is -0.508 e. The van der Waals surface area contributed by atoms with E-state index in [4.69, 9.17) is 4.98 Å². The van der Waals surface area contributed by atoms with Gasteiger partial charge in [-0.2, -0.15) is 0 Å². The molecule has 6 N–H and O–H groups in total. The van der Waals surface area contributed by atoms with E-state index in [0.717, 1.165) is 31.2 Å². The van der Waals surface area contributed by atoms with Crippen molar-refractivity contribution in [2.75, 3.05) is 0 Å². The summed E-state index contributed by atoms with van der Waals surface area (Å²) in [5.41, 5.74) is 3.29. The van der Waals surface area contributed by atoms with E-state index in [0.29, 0.717) is 33.4 Å². The highest BCUT2D eigenvalue weighted by Gasteiger charge is 2.27. The van der Waals surface area contributed by atoms with Gasteiger partial charge in [0.1, 0.15) is 23.1 Å². The number of phenolic OH excluding ortho intramolecular Hbond substituents is 3. The summed E-state index contributed by atoms with van der Waals surface area (Å²) in [6.45, 7) is 0. The van der Waals surface area contributed by atoms with Crippen LogP contribution < -0.4 is 5.32 Å². The number of carboxylic acids is 1. The van der Waals surface area contributed by atoms with Gasteiger partial charge in [-0.05, 0) is 73.0 Å². The first-order chi connectivity index (χ1) is 20.3. The number of aromatic hydroxyl groups is 3. The van der Waals surface area contributed by atoms with Crippen molar-refractivity contribution in [3.8, 4) is 17.2 Å². The van der Waals surface area contributed by atoms with Gasteiger partial charge in [0.15, 0.2) is 6.04 Å². The van der Waals surface area contributed by atoms with E-state index in [1.165, 1.54) is 30.8 Å². The molecule has 1 atom stereocenters. The number of amides is 1. The number of aromatic amines is 1. The molecule has 1 fully saturated rings.